The van der Waals surface area contributed by atoms with Gasteiger partial charge in [-0.1, -0.05) is 91.0 Å². The number of hydrogen-bond donors (Lipinski definition) is 0. The lowest BCUT2D eigenvalue weighted by atomic mass is 9.85. The maximum atomic E-state index is 2.43. The zero-order valence-electron chi connectivity index (χ0n) is 21.5. The summed E-state index contributed by atoms with van der Waals surface area (Å²) >= 11 is 3.72. The monoisotopic (exact) mass is 542 g/mol. The van der Waals surface area contributed by atoms with Crippen molar-refractivity contribution in [2.75, 3.05) is 0 Å². The topological polar surface area (TPSA) is 0 Å². The van der Waals surface area contributed by atoms with E-state index in [1.807, 2.05) is 22.7 Å². The first-order chi connectivity index (χ1) is 19.8. The lowest BCUT2D eigenvalue weighted by Gasteiger charge is -2.18. The Morgan fingerprint density at radius 3 is 1.68 bits per heavy atom. The highest BCUT2D eigenvalue weighted by Gasteiger charge is 2.18. The first kappa shape index (κ1) is 22.3. The van der Waals surface area contributed by atoms with Crippen LogP contribution in [0.1, 0.15) is 0 Å². The van der Waals surface area contributed by atoms with Gasteiger partial charge in [0.2, 0.25) is 0 Å². The van der Waals surface area contributed by atoms with Crippen molar-refractivity contribution in [3.63, 3.8) is 0 Å². The van der Waals surface area contributed by atoms with Crippen molar-refractivity contribution < 1.29 is 0 Å². The van der Waals surface area contributed by atoms with Gasteiger partial charge in [-0.25, -0.2) is 0 Å². The summed E-state index contributed by atoms with van der Waals surface area (Å²) in [5.74, 6) is 0. The molecule has 2 heterocycles. The van der Waals surface area contributed by atoms with Gasteiger partial charge in [-0.2, -0.15) is 0 Å². The van der Waals surface area contributed by atoms with Crippen molar-refractivity contribution in [3.05, 3.63) is 133 Å². The van der Waals surface area contributed by atoms with Crippen molar-refractivity contribution in [2.45, 2.75) is 0 Å². The first-order valence-electron chi connectivity index (χ1n) is 13.6. The molecule has 0 fully saturated rings. The number of rotatable bonds is 2. The van der Waals surface area contributed by atoms with E-state index < -0.39 is 0 Å². The van der Waals surface area contributed by atoms with E-state index in [0.29, 0.717) is 0 Å². The minimum atomic E-state index is 1.26. The van der Waals surface area contributed by atoms with Crippen LogP contribution in [0.2, 0.25) is 0 Å². The minimum Gasteiger partial charge on any atom is -0.144 e. The maximum absolute atomic E-state index is 2.43. The largest absolute Gasteiger partial charge is 0.144 e. The van der Waals surface area contributed by atoms with Crippen molar-refractivity contribution in [1.82, 2.24) is 0 Å². The number of fused-ring (bicyclic) bond motifs is 7. The smallest absolute Gasteiger partial charge is 0.0362 e. The van der Waals surface area contributed by atoms with Crippen LogP contribution in [0.5, 0.6) is 0 Å². The average molecular weight is 543 g/mol. The Hall–Kier alpha value is -4.50. The predicted octanol–water partition coefficient (Wildman–Crippen LogP) is 12.1. The summed E-state index contributed by atoms with van der Waals surface area (Å²) < 4.78 is 4.06. The third-order valence-corrected chi connectivity index (χ3v) is 10.3. The van der Waals surface area contributed by atoms with Crippen LogP contribution in [0.4, 0.5) is 0 Å². The lowest BCUT2D eigenvalue weighted by Crippen LogP contribution is -1.91. The lowest BCUT2D eigenvalue weighted by molar-refractivity contribution is 1.69. The number of thiophene rings is 2. The molecule has 0 aliphatic carbocycles. The molecule has 0 saturated heterocycles. The molecular weight excluding hydrogens is 521 g/mol. The fourth-order valence-corrected chi connectivity index (χ4v) is 8.41. The van der Waals surface area contributed by atoms with E-state index in [9.17, 15) is 0 Å². The van der Waals surface area contributed by atoms with Gasteiger partial charge in [0.1, 0.15) is 0 Å². The van der Waals surface area contributed by atoms with Gasteiger partial charge >= 0.3 is 0 Å². The summed E-state index contributed by atoms with van der Waals surface area (Å²) in [5.41, 5.74) is 5.16. The standard InChI is InChI=1S/C38H22S2/c1-2-8-24-19-26(14-13-23(24)7-1)37-28-9-3-5-11-30(28)38(31-12-6-4-10-29(31)37)27-15-16-34-32(20-27)33-22-35-25(17-18-39-35)21-36(33)40-34/h1-22H. The Balaban J connectivity index is 1.37. The van der Waals surface area contributed by atoms with Crippen LogP contribution >= 0.6 is 22.7 Å². The van der Waals surface area contributed by atoms with E-state index in [2.05, 4.69) is 133 Å². The molecule has 0 aliphatic heterocycles. The van der Waals surface area contributed by atoms with Crippen LogP contribution in [0, 0.1) is 0 Å². The van der Waals surface area contributed by atoms with Crippen LogP contribution in [0.25, 0.3) is 84.8 Å². The van der Waals surface area contributed by atoms with Crippen molar-refractivity contribution in [2.24, 2.45) is 0 Å². The molecule has 40 heavy (non-hydrogen) atoms. The van der Waals surface area contributed by atoms with E-state index in [0.717, 1.165) is 0 Å². The van der Waals surface area contributed by atoms with Gasteiger partial charge in [0.25, 0.3) is 0 Å². The van der Waals surface area contributed by atoms with Crippen LogP contribution < -0.4 is 0 Å². The number of hydrogen-bond acceptors (Lipinski definition) is 2. The van der Waals surface area contributed by atoms with E-state index in [1.54, 1.807) is 0 Å². The molecule has 9 rings (SSSR count). The molecule has 0 atom stereocenters. The summed E-state index contributed by atoms with van der Waals surface area (Å²) in [6, 6.07) is 47.4. The molecule has 2 aromatic heterocycles. The van der Waals surface area contributed by atoms with Crippen molar-refractivity contribution in [1.29, 1.82) is 0 Å². The predicted molar refractivity (Wildman–Crippen MR) is 178 cm³/mol. The molecule has 2 heteroatoms. The molecule has 9 aromatic rings. The molecule has 0 unspecified atom stereocenters. The molecule has 0 nitrogen and oxygen atoms in total. The second-order valence-corrected chi connectivity index (χ2v) is 12.6. The molecular formula is C38H22S2. The zero-order chi connectivity index (χ0) is 26.2. The quantitative estimate of drug-likeness (QED) is 0.191. The Morgan fingerprint density at radius 1 is 0.350 bits per heavy atom. The minimum absolute atomic E-state index is 1.26. The summed E-state index contributed by atoms with van der Waals surface area (Å²) in [7, 11) is 0. The molecule has 0 saturated carbocycles. The van der Waals surface area contributed by atoms with Crippen molar-refractivity contribution >= 4 is 85.2 Å². The maximum Gasteiger partial charge on any atom is 0.0362 e. The van der Waals surface area contributed by atoms with Gasteiger partial charge in [-0.15, -0.1) is 22.7 Å². The summed E-state index contributed by atoms with van der Waals surface area (Å²) in [6.45, 7) is 0. The highest BCUT2D eigenvalue weighted by atomic mass is 32.1. The Kier molecular flexibility index (Phi) is 4.74. The van der Waals surface area contributed by atoms with Gasteiger partial charge in [0.05, 0.1) is 0 Å². The SMILES string of the molecule is c1ccc2cc(-c3c4ccccc4c(-c4ccc5sc6cc7ccsc7cc6c5c4)c4ccccc34)ccc2c1. The van der Waals surface area contributed by atoms with E-state index in [4.69, 9.17) is 0 Å². The van der Waals surface area contributed by atoms with E-state index in [1.165, 1.54) is 84.8 Å². The van der Waals surface area contributed by atoms with Gasteiger partial charge in [0.15, 0.2) is 0 Å². The Labute approximate surface area is 239 Å². The Morgan fingerprint density at radius 2 is 0.950 bits per heavy atom. The summed E-state index contributed by atoms with van der Waals surface area (Å²) in [4.78, 5) is 0. The highest BCUT2D eigenvalue weighted by Crippen LogP contribution is 2.46. The fraction of sp³-hybridized carbons (Fsp3) is 0. The Bertz CT molecular complexity index is 2380. The molecule has 0 amide bonds. The van der Waals surface area contributed by atoms with Gasteiger partial charge in [0, 0.05) is 24.9 Å². The second-order valence-electron chi connectivity index (χ2n) is 10.5. The van der Waals surface area contributed by atoms with Gasteiger partial charge in [-0.05, 0) is 102 Å². The zero-order valence-corrected chi connectivity index (χ0v) is 23.2. The van der Waals surface area contributed by atoms with E-state index in [-0.39, 0.29) is 0 Å². The number of benzene rings is 7. The second kappa shape index (κ2) is 8.50. The average Bonchev–Trinajstić information content (AvgIpc) is 3.61. The summed E-state index contributed by atoms with van der Waals surface area (Å²) in [6.07, 6.45) is 0. The van der Waals surface area contributed by atoms with Crippen molar-refractivity contribution in [3.8, 4) is 22.3 Å². The highest BCUT2D eigenvalue weighted by molar-refractivity contribution is 7.26. The van der Waals surface area contributed by atoms with Crippen LogP contribution in [-0.4, -0.2) is 0 Å². The normalized spacial score (nSPS) is 12.0. The van der Waals surface area contributed by atoms with Crippen LogP contribution in [-0.2, 0) is 0 Å². The molecule has 7 aromatic carbocycles. The molecule has 186 valence electrons. The third kappa shape index (κ3) is 3.24. The first-order valence-corrected chi connectivity index (χ1v) is 15.3. The van der Waals surface area contributed by atoms with Gasteiger partial charge < -0.3 is 0 Å². The fourth-order valence-electron chi connectivity index (χ4n) is 6.48. The summed E-state index contributed by atoms with van der Waals surface area (Å²) in [5, 5.41) is 14.0. The van der Waals surface area contributed by atoms with Crippen LogP contribution in [0.3, 0.4) is 0 Å². The third-order valence-electron chi connectivity index (χ3n) is 8.30. The molecule has 0 radical (unpaired) electrons. The molecule has 0 bridgehead atoms. The molecule has 0 aliphatic rings. The van der Waals surface area contributed by atoms with Gasteiger partial charge in [-0.3, -0.25) is 0 Å². The van der Waals surface area contributed by atoms with E-state index >= 15 is 0 Å². The molecule has 0 N–H and O–H groups in total. The van der Waals surface area contributed by atoms with Crippen LogP contribution in [0.15, 0.2) is 133 Å². The molecule has 0 spiro atoms.